The zero-order chi connectivity index (χ0) is 30.1. The molecule has 0 amide bonds. The van der Waals surface area contributed by atoms with E-state index >= 15 is 0 Å². The van der Waals surface area contributed by atoms with Gasteiger partial charge in [0.15, 0.2) is 0 Å². The van der Waals surface area contributed by atoms with E-state index in [-0.39, 0.29) is 11.9 Å². The van der Waals surface area contributed by atoms with Crippen molar-refractivity contribution in [2.45, 2.75) is 17.3 Å². The first-order chi connectivity index (χ1) is 22.1. The molecule has 2 atom stereocenters. The van der Waals surface area contributed by atoms with Crippen molar-refractivity contribution in [1.82, 2.24) is 0 Å². The maximum atomic E-state index is 13.3. The van der Waals surface area contributed by atoms with Gasteiger partial charge in [-0.3, -0.25) is 9.59 Å². The number of ether oxygens (including phenoxy) is 2. The summed E-state index contributed by atoms with van der Waals surface area (Å²) in [5, 5.41) is 0. The first-order valence-corrected chi connectivity index (χ1v) is 15.2. The van der Waals surface area contributed by atoms with Crippen molar-refractivity contribution in [3.8, 4) is 22.6 Å². The number of fused-ring (bicyclic) bond motifs is 5. The van der Waals surface area contributed by atoms with E-state index in [0.717, 1.165) is 55.6 Å². The molecule has 2 aliphatic heterocycles. The van der Waals surface area contributed by atoms with Crippen LogP contribution in [0.4, 0.5) is 0 Å². The summed E-state index contributed by atoms with van der Waals surface area (Å²) < 4.78 is 11.6. The molecule has 214 valence electrons. The van der Waals surface area contributed by atoms with Gasteiger partial charge in [-0.2, -0.15) is 0 Å². The Bertz CT molecular complexity index is 2010. The Hall–Kier alpha value is -5.74. The van der Waals surface area contributed by atoms with E-state index in [4.69, 9.17) is 9.47 Å². The van der Waals surface area contributed by atoms with Crippen LogP contribution in [-0.4, -0.2) is 11.9 Å². The number of hydrogen-bond acceptors (Lipinski definition) is 4. The van der Waals surface area contributed by atoms with Gasteiger partial charge in [-0.1, -0.05) is 121 Å². The van der Waals surface area contributed by atoms with E-state index in [1.54, 1.807) is 0 Å². The molecule has 6 aromatic rings. The molecule has 0 saturated heterocycles. The first kappa shape index (κ1) is 25.7. The maximum Gasteiger partial charge on any atom is 0.323 e. The Labute approximate surface area is 260 Å². The highest BCUT2D eigenvalue weighted by atomic mass is 16.5. The second kappa shape index (κ2) is 9.63. The highest BCUT2D eigenvalue weighted by Crippen LogP contribution is 2.58. The summed E-state index contributed by atoms with van der Waals surface area (Å²) in [6, 6.07) is 49.0. The lowest BCUT2D eigenvalue weighted by Gasteiger charge is -2.34. The Morgan fingerprint density at radius 2 is 0.844 bits per heavy atom. The molecule has 4 heteroatoms. The van der Waals surface area contributed by atoms with E-state index in [1.807, 2.05) is 72.8 Å². The first-order valence-electron chi connectivity index (χ1n) is 15.2. The van der Waals surface area contributed by atoms with Gasteiger partial charge in [-0.15, -0.1) is 0 Å². The third-order valence-electron chi connectivity index (χ3n) is 9.62. The third kappa shape index (κ3) is 3.60. The van der Waals surface area contributed by atoms with Gasteiger partial charge >= 0.3 is 11.9 Å². The second-order valence-corrected chi connectivity index (χ2v) is 11.9. The smallest absolute Gasteiger partial charge is 0.323 e. The van der Waals surface area contributed by atoms with Gasteiger partial charge in [0.05, 0.1) is 5.41 Å². The number of carbonyl (C=O) groups is 2. The molecule has 0 radical (unpaired) electrons. The van der Waals surface area contributed by atoms with Crippen molar-refractivity contribution in [3.05, 3.63) is 190 Å². The number of esters is 2. The van der Waals surface area contributed by atoms with E-state index in [1.165, 1.54) is 0 Å². The van der Waals surface area contributed by atoms with Gasteiger partial charge in [0.1, 0.15) is 23.3 Å². The summed E-state index contributed by atoms with van der Waals surface area (Å²) in [6.45, 7) is 0. The monoisotopic (exact) mass is 582 g/mol. The summed E-state index contributed by atoms with van der Waals surface area (Å²) in [5.74, 6) is -0.395. The molecule has 2 heterocycles. The van der Waals surface area contributed by atoms with Gasteiger partial charge in [0.2, 0.25) is 0 Å². The summed E-state index contributed by atoms with van der Waals surface area (Å²) >= 11 is 0. The molecule has 0 bridgehead atoms. The lowest BCUT2D eigenvalue weighted by Crippen LogP contribution is -2.29. The normalized spacial score (nSPS) is 18.4. The van der Waals surface area contributed by atoms with E-state index < -0.39 is 17.3 Å². The van der Waals surface area contributed by atoms with Crippen molar-refractivity contribution in [2.75, 3.05) is 0 Å². The fraction of sp³-hybridized carbons (Fsp3) is 0.0732. The average Bonchev–Trinajstić information content (AvgIpc) is 3.71. The van der Waals surface area contributed by atoms with Crippen LogP contribution in [0.3, 0.4) is 0 Å². The minimum absolute atomic E-state index is 0.270. The zero-order valence-corrected chi connectivity index (χ0v) is 24.1. The standard InChI is InChI=1S/C41H26O4/c42-39-37(25-11-3-1-4-12-25)31-23-27(19-21-35(31)44-39)41(33-17-9-7-15-29(33)30-16-8-10-18-34(30)41)28-20-22-36-32(24-28)38(40(43)45-36)26-13-5-2-6-14-26/h1-24,37-38H. The van der Waals surface area contributed by atoms with Crippen LogP contribution in [0.2, 0.25) is 0 Å². The molecule has 1 aliphatic carbocycles. The lowest BCUT2D eigenvalue weighted by molar-refractivity contribution is -0.134. The van der Waals surface area contributed by atoms with Gasteiger partial charge in [-0.25, -0.2) is 0 Å². The van der Waals surface area contributed by atoms with Crippen LogP contribution in [0.5, 0.6) is 11.5 Å². The maximum absolute atomic E-state index is 13.3. The fourth-order valence-electron chi connectivity index (χ4n) is 7.74. The molecule has 9 rings (SSSR count). The molecule has 0 saturated carbocycles. The van der Waals surface area contributed by atoms with Gasteiger partial charge in [-0.05, 0) is 68.8 Å². The predicted octanol–water partition coefficient (Wildman–Crippen LogP) is 8.15. The molecule has 0 fully saturated rings. The number of benzene rings is 6. The predicted molar refractivity (Wildman–Crippen MR) is 172 cm³/mol. The number of rotatable bonds is 4. The summed E-state index contributed by atoms with van der Waals surface area (Å²) in [4.78, 5) is 26.5. The molecule has 3 aliphatic rings. The zero-order valence-electron chi connectivity index (χ0n) is 24.1. The van der Waals surface area contributed by atoms with Crippen LogP contribution in [0.15, 0.2) is 146 Å². The van der Waals surface area contributed by atoms with Crippen molar-refractivity contribution in [2.24, 2.45) is 0 Å². The summed E-state index contributed by atoms with van der Waals surface area (Å²) in [7, 11) is 0. The van der Waals surface area contributed by atoms with Gasteiger partial charge in [0.25, 0.3) is 0 Å². The number of carbonyl (C=O) groups excluding carboxylic acids is 2. The van der Waals surface area contributed by atoms with Crippen LogP contribution in [-0.2, 0) is 15.0 Å². The lowest BCUT2D eigenvalue weighted by atomic mass is 9.66. The number of hydrogen-bond donors (Lipinski definition) is 0. The molecule has 4 nitrogen and oxygen atoms in total. The molecular weight excluding hydrogens is 556 g/mol. The van der Waals surface area contributed by atoms with Crippen molar-refractivity contribution in [3.63, 3.8) is 0 Å². The molecule has 2 unspecified atom stereocenters. The Balaban J connectivity index is 1.33. The van der Waals surface area contributed by atoms with Crippen LogP contribution in [0, 0.1) is 0 Å². The molecule has 0 spiro atoms. The average molecular weight is 583 g/mol. The minimum atomic E-state index is -0.725. The van der Waals surface area contributed by atoms with Crippen LogP contribution in [0.1, 0.15) is 56.3 Å². The van der Waals surface area contributed by atoms with Gasteiger partial charge < -0.3 is 9.47 Å². The van der Waals surface area contributed by atoms with Crippen LogP contribution in [0.25, 0.3) is 11.1 Å². The SMILES string of the molecule is O=C1Oc2ccc(C3(c4ccc5c(c4)C(c4ccccc4)C(=O)O5)c4ccccc4-c4ccccc43)cc2C1c1ccccc1. The second-order valence-electron chi connectivity index (χ2n) is 11.9. The largest absolute Gasteiger partial charge is 0.425 e. The van der Waals surface area contributed by atoms with E-state index in [2.05, 4.69) is 72.8 Å². The fourth-order valence-corrected chi connectivity index (χ4v) is 7.74. The summed E-state index contributed by atoms with van der Waals surface area (Å²) in [6.07, 6.45) is 0. The molecule has 0 aromatic heterocycles. The molecular formula is C41H26O4. The van der Waals surface area contributed by atoms with Crippen LogP contribution < -0.4 is 9.47 Å². The molecule has 0 N–H and O–H groups in total. The molecule has 45 heavy (non-hydrogen) atoms. The Morgan fingerprint density at radius 1 is 0.444 bits per heavy atom. The van der Waals surface area contributed by atoms with Gasteiger partial charge in [0, 0.05) is 11.1 Å². The van der Waals surface area contributed by atoms with E-state index in [0.29, 0.717) is 11.5 Å². The van der Waals surface area contributed by atoms with Crippen LogP contribution >= 0.6 is 0 Å². The van der Waals surface area contributed by atoms with Crippen molar-refractivity contribution < 1.29 is 19.1 Å². The molecule has 6 aromatic carbocycles. The van der Waals surface area contributed by atoms with Crippen molar-refractivity contribution >= 4 is 11.9 Å². The highest BCUT2D eigenvalue weighted by molar-refractivity contribution is 5.92. The Morgan fingerprint density at radius 3 is 1.29 bits per heavy atom. The quantitative estimate of drug-likeness (QED) is 0.155. The third-order valence-corrected chi connectivity index (χ3v) is 9.62. The minimum Gasteiger partial charge on any atom is -0.425 e. The Kier molecular flexibility index (Phi) is 5.51. The summed E-state index contributed by atoms with van der Waals surface area (Å²) in [5.41, 5.74) is 9.45. The van der Waals surface area contributed by atoms with Crippen molar-refractivity contribution in [1.29, 1.82) is 0 Å². The van der Waals surface area contributed by atoms with E-state index in [9.17, 15) is 9.59 Å². The topological polar surface area (TPSA) is 52.6 Å². The highest BCUT2D eigenvalue weighted by Gasteiger charge is 2.48.